The molecule has 1 aliphatic carbocycles. The average molecular weight is 371 g/mol. The van der Waals surface area contributed by atoms with Gasteiger partial charge in [-0.15, -0.1) is 0 Å². The van der Waals surface area contributed by atoms with Crippen LogP contribution in [0.2, 0.25) is 0 Å². The van der Waals surface area contributed by atoms with Crippen molar-refractivity contribution in [2.75, 3.05) is 6.61 Å². The fraction of sp³-hybridized carbons (Fsp3) is 0.421. The first-order valence-electron chi connectivity index (χ1n) is 8.97. The molecule has 1 saturated carbocycles. The molecule has 8 nitrogen and oxygen atoms in total. The lowest BCUT2D eigenvalue weighted by atomic mass is 9.74. The molecule has 27 heavy (non-hydrogen) atoms. The van der Waals surface area contributed by atoms with Gasteiger partial charge < -0.3 is 19.7 Å². The molecule has 2 aliphatic rings. The Bertz CT molecular complexity index is 1000. The fourth-order valence-corrected chi connectivity index (χ4v) is 3.72. The highest BCUT2D eigenvalue weighted by molar-refractivity contribution is 5.93. The molecule has 0 saturated heterocycles. The predicted octanol–water partition coefficient (Wildman–Crippen LogP) is 0.251. The largest absolute Gasteiger partial charge is 0.493 e. The van der Waals surface area contributed by atoms with Gasteiger partial charge in [-0.2, -0.15) is 0 Å². The van der Waals surface area contributed by atoms with Gasteiger partial charge in [0.1, 0.15) is 11.3 Å². The Morgan fingerprint density at radius 2 is 2.15 bits per heavy atom. The number of aliphatic hydroxyl groups is 1. The van der Waals surface area contributed by atoms with Crippen molar-refractivity contribution in [3.63, 3.8) is 0 Å². The molecule has 0 unspecified atom stereocenters. The summed E-state index contributed by atoms with van der Waals surface area (Å²) in [6, 6.07) is 5.49. The van der Waals surface area contributed by atoms with Gasteiger partial charge in [0.25, 0.3) is 11.5 Å². The number of rotatable bonds is 4. The molecule has 0 bridgehead atoms. The van der Waals surface area contributed by atoms with Crippen LogP contribution in [-0.4, -0.2) is 33.3 Å². The van der Waals surface area contributed by atoms with Crippen LogP contribution in [0.25, 0.3) is 0 Å². The SMILES string of the molecule is Cn1cc(C(=O)N[C@H](c2ccc3c(c2)CCO3)C2CC(O)C2)c(=O)[nH]c1=O. The highest BCUT2D eigenvalue weighted by Crippen LogP contribution is 2.39. The molecule has 3 N–H and O–H groups in total. The Labute approximate surface area is 154 Å². The first-order chi connectivity index (χ1) is 12.9. The van der Waals surface area contributed by atoms with E-state index in [2.05, 4.69) is 10.3 Å². The lowest BCUT2D eigenvalue weighted by Crippen LogP contribution is -2.43. The van der Waals surface area contributed by atoms with E-state index in [1.807, 2.05) is 18.2 Å². The van der Waals surface area contributed by atoms with Crippen LogP contribution in [-0.2, 0) is 13.5 Å². The van der Waals surface area contributed by atoms with Crippen LogP contribution in [0.1, 0.15) is 40.4 Å². The van der Waals surface area contributed by atoms with E-state index in [4.69, 9.17) is 4.74 Å². The van der Waals surface area contributed by atoms with Gasteiger partial charge in [0.15, 0.2) is 0 Å². The van der Waals surface area contributed by atoms with Gasteiger partial charge in [0.05, 0.1) is 18.8 Å². The van der Waals surface area contributed by atoms with Crippen molar-refractivity contribution < 1.29 is 14.6 Å². The summed E-state index contributed by atoms with van der Waals surface area (Å²) in [4.78, 5) is 38.4. The molecule has 2 heterocycles. The van der Waals surface area contributed by atoms with Crippen LogP contribution in [0.4, 0.5) is 0 Å². The zero-order chi connectivity index (χ0) is 19.1. The quantitative estimate of drug-likeness (QED) is 0.713. The second-order valence-corrected chi connectivity index (χ2v) is 7.22. The molecule has 142 valence electrons. The van der Waals surface area contributed by atoms with Crippen molar-refractivity contribution in [2.24, 2.45) is 13.0 Å². The monoisotopic (exact) mass is 371 g/mol. The topological polar surface area (TPSA) is 113 Å². The van der Waals surface area contributed by atoms with E-state index in [1.165, 1.54) is 13.2 Å². The van der Waals surface area contributed by atoms with Crippen LogP contribution >= 0.6 is 0 Å². The minimum Gasteiger partial charge on any atom is -0.493 e. The van der Waals surface area contributed by atoms with Crippen LogP contribution in [0.3, 0.4) is 0 Å². The van der Waals surface area contributed by atoms with Gasteiger partial charge in [-0.1, -0.05) is 6.07 Å². The first-order valence-corrected chi connectivity index (χ1v) is 8.97. The Kier molecular flexibility index (Phi) is 4.35. The third-order valence-corrected chi connectivity index (χ3v) is 5.33. The van der Waals surface area contributed by atoms with Crippen molar-refractivity contribution >= 4 is 5.91 Å². The average Bonchev–Trinajstić information content (AvgIpc) is 3.08. The lowest BCUT2D eigenvalue weighted by molar-refractivity contribution is 0.0235. The van der Waals surface area contributed by atoms with Crippen molar-refractivity contribution in [2.45, 2.75) is 31.4 Å². The molecule has 0 spiro atoms. The highest BCUT2D eigenvalue weighted by atomic mass is 16.5. The van der Waals surface area contributed by atoms with Gasteiger partial charge in [0.2, 0.25) is 0 Å². The van der Waals surface area contributed by atoms with E-state index in [-0.39, 0.29) is 23.6 Å². The van der Waals surface area contributed by atoms with E-state index < -0.39 is 17.2 Å². The molecule has 8 heteroatoms. The van der Waals surface area contributed by atoms with Gasteiger partial charge in [-0.25, -0.2) is 4.79 Å². The minimum atomic E-state index is -0.717. The van der Waals surface area contributed by atoms with Gasteiger partial charge in [-0.3, -0.25) is 14.6 Å². The smallest absolute Gasteiger partial charge is 0.328 e. The van der Waals surface area contributed by atoms with Crippen molar-refractivity contribution in [1.29, 1.82) is 0 Å². The molecule has 4 rings (SSSR count). The Morgan fingerprint density at radius 1 is 1.37 bits per heavy atom. The number of H-pyrrole nitrogens is 1. The van der Waals surface area contributed by atoms with Crippen LogP contribution < -0.4 is 21.3 Å². The summed E-state index contributed by atoms with van der Waals surface area (Å²) in [5.74, 6) is 0.387. The Hall–Kier alpha value is -2.87. The number of amides is 1. The van der Waals surface area contributed by atoms with Crippen LogP contribution in [0.15, 0.2) is 34.0 Å². The van der Waals surface area contributed by atoms with E-state index in [0.29, 0.717) is 19.4 Å². The maximum absolute atomic E-state index is 12.7. The summed E-state index contributed by atoms with van der Waals surface area (Å²) in [5, 5.41) is 12.6. The maximum atomic E-state index is 12.7. The third-order valence-electron chi connectivity index (χ3n) is 5.33. The molecule has 1 fully saturated rings. The van der Waals surface area contributed by atoms with E-state index in [0.717, 1.165) is 27.9 Å². The molecule has 1 amide bonds. The molecule has 1 aromatic carbocycles. The summed E-state index contributed by atoms with van der Waals surface area (Å²) < 4.78 is 6.69. The molecule has 2 aromatic rings. The third kappa shape index (κ3) is 3.28. The Morgan fingerprint density at radius 3 is 2.89 bits per heavy atom. The molecular formula is C19H21N3O5. The normalized spacial score (nSPS) is 21.7. The second kappa shape index (κ2) is 6.70. The van der Waals surface area contributed by atoms with Crippen LogP contribution in [0.5, 0.6) is 5.75 Å². The zero-order valence-electron chi connectivity index (χ0n) is 14.9. The highest BCUT2D eigenvalue weighted by Gasteiger charge is 2.36. The Balaban J connectivity index is 1.64. The summed E-state index contributed by atoms with van der Waals surface area (Å²) in [7, 11) is 1.47. The van der Waals surface area contributed by atoms with Crippen molar-refractivity contribution in [1.82, 2.24) is 14.9 Å². The number of aliphatic hydroxyl groups excluding tert-OH is 1. The number of nitrogens with one attached hydrogen (secondary N) is 2. The fourth-order valence-electron chi connectivity index (χ4n) is 3.72. The standard InChI is InChI=1S/C19H21N3O5/c1-22-9-14(18(25)21-19(22)26)17(24)20-16(12-7-13(23)8-12)11-2-3-15-10(6-11)4-5-27-15/h2-3,6,9,12-13,16,23H,4-5,7-8H2,1H3,(H,20,24)(H,21,25,26)/t12?,13?,16-/m1/s1. The maximum Gasteiger partial charge on any atom is 0.328 e. The van der Waals surface area contributed by atoms with Gasteiger partial charge in [0, 0.05) is 19.7 Å². The number of ether oxygens (including phenoxy) is 1. The van der Waals surface area contributed by atoms with Gasteiger partial charge in [-0.05, 0) is 42.0 Å². The number of aromatic amines is 1. The van der Waals surface area contributed by atoms with E-state index >= 15 is 0 Å². The number of aryl methyl sites for hydroxylation is 1. The van der Waals surface area contributed by atoms with E-state index in [1.54, 1.807) is 0 Å². The number of hydrogen-bond donors (Lipinski definition) is 3. The number of carbonyl (C=O) groups excluding carboxylic acids is 1. The van der Waals surface area contributed by atoms with Gasteiger partial charge >= 0.3 is 5.69 Å². The number of hydrogen-bond acceptors (Lipinski definition) is 5. The lowest BCUT2D eigenvalue weighted by Gasteiger charge is -2.38. The molecular weight excluding hydrogens is 350 g/mol. The summed E-state index contributed by atoms with van der Waals surface area (Å²) in [6.07, 6.45) is 2.86. The minimum absolute atomic E-state index is 0.0796. The molecule has 1 aliphatic heterocycles. The van der Waals surface area contributed by atoms with Crippen molar-refractivity contribution in [3.8, 4) is 5.75 Å². The van der Waals surface area contributed by atoms with Crippen molar-refractivity contribution in [3.05, 3.63) is 61.9 Å². The predicted molar refractivity (Wildman–Crippen MR) is 96.9 cm³/mol. The summed E-state index contributed by atoms with van der Waals surface area (Å²) in [5.41, 5.74) is 0.600. The van der Waals surface area contributed by atoms with Crippen LogP contribution in [0, 0.1) is 5.92 Å². The zero-order valence-corrected chi connectivity index (χ0v) is 14.9. The first kappa shape index (κ1) is 17.5. The number of carbonyl (C=O) groups is 1. The molecule has 1 atom stereocenters. The number of benzene rings is 1. The number of aromatic nitrogens is 2. The summed E-state index contributed by atoms with van der Waals surface area (Å²) in [6.45, 7) is 0.644. The second-order valence-electron chi connectivity index (χ2n) is 7.22. The number of nitrogens with zero attached hydrogens (tertiary/aromatic N) is 1. The van der Waals surface area contributed by atoms with E-state index in [9.17, 15) is 19.5 Å². The molecule has 0 radical (unpaired) electrons. The summed E-state index contributed by atoms with van der Waals surface area (Å²) >= 11 is 0. The number of fused-ring (bicyclic) bond motifs is 1. The molecule has 1 aromatic heterocycles.